The lowest BCUT2D eigenvalue weighted by Crippen LogP contribution is -2.11. The lowest BCUT2D eigenvalue weighted by Gasteiger charge is -2.08. The van der Waals surface area contributed by atoms with E-state index in [4.69, 9.17) is 9.47 Å². The molecule has 29 heavy (non-hydrogen) atoms. The van der Waals surface area contributed by atoms with Gasteiger partial charge in [0.25, 0.3) is 5.91 Å². The third-order valence-electron chi connectivity index (χ3n) is 4.79. The highest BCUT2D eigenvalue weighted by molar-refractivity contribution is 7.20. The summed E-state index contributed by atoms with van der Waals surface area (Å²) in [7, 11) is 5.09. The molecule has 4 aromatic rings. The number of thiophene rings is 1. The molecule has 0 aliphatic rings. The maximum absolute atomic E-state index is 12.8. The van der Waals surface area contributed by atoms with Crippen LogP contribution in [0.15, 0.2) is 48.5 Å². The third kappa shape index (κ3) is 3.45. The summed E-state index contributed by atoms with van der Waals surface area (Å²) in [6.45, 7) is 1.97. The molecule has 2 heterocycles. The Bertz CT molecular complexity index is 1210. The lowest BCUT2D eigenvalue weighted by atomic mass is 10.1. The second kappa shape index (κ2) is 7.60. The zero-order chi connectivity index (χ0) is 20.5. The molecule has 0 spiro atoms. The van der Waals surface area contributed by atoms with Crippen molar-refractivity contribution in [3.63, 3.8) is 0 Å². The van der Waals surface area contributed by atoms with Crippen molar-refractivity contribution in [3.8, 4) is 22.8 Å². The highest BCUT2D eigenvalue weighted by atomic mass is 32.1. The van der Waals surface area contributed by atoms with E-state index in [2.05, 4.69) is 10.4 Å². The lowest BCUT2D eigenvalue weighted by molar-refractivity contribution is 0.103. The van der Waals surface area contributed by atoms with Crippen LogP contribution >= 0.6 is 11.3 Å². The maximum Gasteiger partial charge on any atom is 0.265 e. The van der Waals surface area contributed by atoms with Gasteiger partial charge in [0.05, 0.1) is 19.1 Å². The van der Waals surface area contributed by atoms with Crippen molar-refractivity contribution in [1.29, 1.82) is 0 Å². The number of aryl methyl sites for hydroxylation is 2. The van der Waals surface area contributed by atoms with Gasteiger partial charge >= 0.3 is 0 Å². The number of carbonyl (C=O) groups is 1. The summed E-state index contributed by atoms with van der Waals surface area (Å²) in [6, 6.07) is 15.3. The van der Waals surface area contributed by atoms with E-state index in [9.17, 15) is 4.79 Å². The number of fused-ring (bicyclic) bond motifs is 1. The SMILES string of the molecule is COc1ccc(-c2nn(C)c3sc(C(=O)Nc4ccccc4C)cc23)cc1OC. The second-order valence-electron chi connectivity index (χ2n) is 6.64. The zero-order valence-electron chi connectivity index (χ0n) is 16.6. The molecule has 0 saturated carbocycles. The smallest absolute Gasteiger partial charge is 0.265 e. The molecule has 6 nitrogen and oxygen atoms in total. The van der Waals surface area contributed by atoms with Crippen LogP contribution in [0.4, 0.5) is 5.69 Å². The molecular weight excluding hydrogens is 386 g/mol. The van der Waals surface area contributed by atoms with Gasteiger partial charge in [0.2, 0.25) is 0 Å². The number of anilines is 1. The summed E-state index contributed by atoms with van der Waals surface area (Å²) < 4.78 is 12.5. The Kier molecular flexibility index (Phi) is 4.98. The average molecular weight is 407 g/mol. The molecule has 4 rings (SSSR count). The summed E-state index contributed by atoms with van der Waals surface area (Å²) in [4.78, 5) is 14.4. The van der Waals surface area contributed by atoms with Gasteiger partial charge in [0, 0.05) is 23.7 Å². The number of para-hydroxylation sites is 1. The molecule has 0 aliphatic heterocycles. The van der Waals surface area contributed by atoms with Gasteiger partial charge in [-0.15, -0.1) is 11.3 Å². The van der Waals surface area contributed by atoms with E-state index in [0.29, 0.717) is 16.4 Å². The van der Waals surface area contributed by atoms with Crippen LogP contribution in [0.2, 0.25) is 0 Å². The van der Waals surface area contributed by atoms with E-state index in [1.165, 1.54) is 11.3 Å². The molecule has 0 aliphatic carbocycles. The molecular formula is C22H21N3O3S. The van der Waals surface area contributed by atoms with Crippen molar-refractivity contribution in [2.75, 3.05) is 19.5 Å². The number of aromatic nitrogens is 2. The zero-order valence-corrected chi connectivity index (χ0v) is 17.5. The molecule has 2 aromatic carbocycles. The topological polar surface area (TPSA) is 65.4 Å². The number of methoxy groups -OCH3 is 2. The highest BCUT2D eigenvalue weighted by Crippen LogP contribution is 2.37. The first-order valence-electron chi connectivity index (χ1n) is 9.07. The minimum Gasteiger partial charge on any atom is -0.493 e. The van der Waals surface area contributed by atoms with Crippen LogP contribution in [0.3, 0.4) is 0 Å². The number of rotatable bonds is 5. The fraction of sp³-hybridized carbons (Fsp3) is 0.182. The van der Waals surface area contributed by atoms with Crippen LogP contribution in [0.25, 0.3) is 21.5 Å². The molecule has 0 fully saturated rings. The maximum atomic E-state index is 12.8. The van der Waals surface area contributed by atoms with Gasteiger partial charge in [0.1, 0.15) is 10.5 Å². The van der Waals surface area contributed by atoms with Gasteiger partial charge in [-0.25, -0.2) is 0 Å². The molecule has 7 heteroatoms. The number of nitrogens with one attached hydrogen (secondary N) is 1. The first-order valence-corrected chi connectivity index (χ1v) is 9.89. The summed E-state index contributed by atoms with van der Waals surface area (Å²) in [5.74, 6) is 1.17. The Balaban J connectivity index is 1.72. The molecule has 1 N–H and O–H groups in total. The van der Waals surface area contributed by atoms with E-state index in [-0.39, 0.29) is 5.91 Å². The molecule has 148 valence electrons. The number of hydrogen-bond acceptors (Lipinski definition) is 5. The molecule has 1 amide bonds. The first kappa shape index (κ1) is 19.0. The van der Waals surface area contributed by atoms with Crippen molar-refractivity contribution in [1.82, 2.24) is 9.78 Å². The third-order valence-corrected chi connectivity index (χ3v) is 5.99. The van der Waals surface area contributed by atoms with Gasteiger partial charge in [-0.3, -0.25) is 9.48 Å². The van der Waals surface area contributed by atoms with Gasteiger partial charge < -0.3 is 14.8 Å². The first-order chi connectivity index (χ1) is 14.0. The molecule has 2 aromatic heterocycles. The van der Waals surface area contributed by atoms with Gasteiger partial charge in [-0.1, -0.05) is 18.2 Å². The summed E-state index contributed by atoms with van der Waals surface area (Å²) in [5.41, 5.74) is 3.54. The number of nitrogens with zero attached hydrogens (tertiary/aromatic N) is 2. The van der Waals surface area contributed by atoms with E-state index < -0.39 is 0 Å². The minimum atomic E-state index is -0.126. The minimum absolute atomic E-state index is 0.126. The standard InChI is InChI=1S/C22H21N3O3S/c1-13-7-5-6-8-16(13)23-21(26)19-12-15-20(24-25(2)22(15)29-19)14-9-10-17(27-3)18(11-14)28-4/h5-12H,1-4H3,(H,23,26). The van der Waals surface area contributed by atoms with Crippen molar-refractivity contribution >= 4 is 33.1 Å². The molecule has 0 atom stereocenters. The van der Waals surface area contributed by atoms with Gasteiger partial charge in [-0.2, -0.15) is 5.10 Å². The van der Waals surface area contributed by atoms with Crippen LogP contribution in [0.5, 0.6) is 11.5 Å². The van der Waals surface area contributed by atoms with Crippen LogP contribution in [0, 0.1) is 6.92 Å². The molecule has 0 radical (unpaired) electrons. The average Bonchev–Trinajstić information content (AvgIpc) is 3.30. The monoisotopic (exact) mass is 407 g/mol. The van der Waals surface area contributed by atoms with Gasteiger partial charge in [-0.05, 0) is 42.8 Å². The summed E-state index contributed by atoms with van der Waals surface area (Å²) in [5, 5.41) is 8.57. The Labute approximate surface area is 172 Å². The fourth-order valence-electron chi connectivity index (χ4n) is 3.25. The predicted octanol–water partition coefficient (Wildman–Crippen LogP) is 4.88. The Morgan fingerprint density at radius 2 is 1.83 bits per heavy atom. The quantitative estimate of drug-likeness (QED) is 0.512. The van der Waals surface area contributed by atoms with E-state index in [0.717, 1.165) is 32.7 Å². The van der Waals surface area contributed by atoms with Crippen LogP contribution in [0.1, 0.15) is 15.2 Å². The van der Waals surface area contributed by atoms with E-state index >= 15 is 0 Å². The van der Waals surface area contributed by atoms with Crippen molar-refractivity contribution in [2.24, 2.45) is 7.05 Å². The number of ether oxygens (including phenoxy) is 2. The fourth-order valence-corrected chi connectivity index (χ4v) is 4.21. The predicted molar refractivity (Wildman–Crippen MR) is 116 cm³/mol. The van der Waals surface area contributed by atoms with Crippen LogP contribution in [-0.2, 0) is 7.05 Å². The van der Waals surface area contributed by atoms with Crippen LogP contribution < -0.4 is 14.8 Å². The molecule has 0 saturated heterocycles. The second-order valence-corrected chi connectivity index (χ2v) is 7.67. The van der Waals surface area contributed by atoms with Crippen molar-refractivity contribution < 1.29 is 14.3 Å². The Hall–Kier alpha value is -3.32. The van der Waals surface area contributed by atoms with Crippen molar-refractivity contribution in [2.45, 2.75) is 6.92 Å². The van der Waals surface area contributed by atoms with Crippen molar-refractivity contribution in [3.05, 3.63) is 59.0 Å². The molecule has 0 unspecified atom stereocenters. The van der Waals surface area contributed by atoms with E-state index in [1.54, 1.807) is 18.9 Å². The Morgan fingerprint density at radius 3 is 2.55 bits per heavy atom. The van der Waals surface area contributed by atoms with Crippen LogP contribution in [-0.4, -0.2) is 29.9 Å². The number of amides is 1. The number of carbonyl (C=O) groups excluding carboxylic acids is 1. The summed E-state index contributed by atoms with van der Waals surface area (Å²) >= 11 is 1.42. The van der Waals surface area contributed by atoms with Gasteiger partial charge in [0.15, 0.2) is 11.5 Å². The molecule has 0 bridgehead atoms. The van der Waals surface area contributed by atoms with E-state index in [1.807, 2.05) is 62.5 Å². The number of hydrogen-bond donors (Lipinski definition) is 1. The number of benzene rings is 2. The normalized spacial score (nSPS) is 10.9. The highest BCUT2D eigenvalue weighted by Gasteiger charge is 2.19. The largest absolute Gasteiger partial charge is 0.493 e. The Morgan fingerprint density at radius 1 is 1.07 bits per heavy atom. The summed E-state index contributed by atoms with van der Waals surface area (Å²) in [6.07, 6.45) is 0.